The number of halogens is 1. The Morgan fingerprint density at radius 1 is 1.09 bits per heavy atom. The number of aliphatic carboxylic acids is 1. The zero-order valence-corrected chi connectivity index (χ0v) is 19.6. The molecule has 3 rings (SSSR count). The molecule has 9 nitrogen and oxygen atoms in total. The first kappa shape index (κ1) is 24.7. The third-order valence-electron chi connectivity index (χ3n) is 4.30. The van der Waals surface area contributed by atoms with Crippen LogP contribution in [0.3, 0.4) is 0 Å². The molecule has 33 heavy (non-hydrogen) atoms. The van der Waals surface area contributed by atoms with Gasteiger partial charge in [0.1, 0.15) is 12.6 Å². The molecule has 0 saturated carbocycles. The molecule has 1 atom stereocenters. The number of tetrazole rings is 1. The number of carbonyl (C=O) groups excluding carboxylic acids is 2. The molecule has 1 heterocycles. The number of nitrogens with zero attached hydrogens (tertiary/aromatic N) is 4. The highest BCUT2D eigenvalue weighted by molar-refractivity contribution is 8.13. The third-order valence-corrected chi connectivity index (χ3v) is 6.45. The van der Waals surface area contributed by atoms with Gasteiger partial charge in [0.15, 0.2) is 5.78 Å². The van der Waals surface area contributed by atoms with E-state index in [9.17, 15) is 14.4 Å². The lowest BCUT2D eigenvalue weighted by atomic mass is 10.1. The lowest BCUT2D eigenvalue weighted by molar-refractivity contribution is -0.139. The van der Waals surface area contributed by atoms with Gasteiger partial charge in [-0.25, -0.2) is 0 Å². The van der Waals surface area contributed by atoms with Crippen LogP contribution in [0.4, 0.5) is 4.79 Å². The van der Waals surface area contributed by atoms with Crippen LogP contribution in [-0.4, -0.2) is 54.1 Å². The smallest absolute Gasteiger partial charge is 0.305 e. The Morgan fingerprint density at radius 3 is 2.55 bits per heavy atom. The number of carboxylic acids is 1. The second-order valence-electron chi connectivity index (χ2n) is 6.77. The first-order valence-corrected chi connectivity index (χ1v) is 12.0. The molecule has 172 valence electrons. The lowest BCUT2D eigenvalue weighted by Gasteiger charge is -2.15. The van der Waals surface area contributed by atoms with Crippen molar-refractivity contribution in [2.24, 2.45) is 0 Å². The molecule has 0 fully saturated rings. The van der Waals surface area contributed by atoms with Crippen LogP contribution in [0.15, 0.2) is 64.6 Å². The molecule has 0 aliphatic rings. The Kier molecular flexibility index (Phi) is 9.28. The van der Waals surface area contributed by atoms with E-state index in [0.717, 1.165) is 27.0 Å². The Balaban J connectivity index is 1.54. The van der Waals surface area contributed by atoms with E-state index in [-0.39, 0.29) is 11.7 Å². The van der Waals surface area contributed by atoms with Crippen molar-refractivity contribution in [3.05, 3.63) is 65.2 Å². The van der Waals surface area contributed by atoms with Crippen LogP contribution in [0.5, 0.6) is 0 Å². The summed E-state index contributed by atoms with van der Waals surface area (Å²) < 4.78 is 0. The van der Waals surface area contributed by atoms with Gasteiger partial charge in [-0.15, -0.1) is 10.2 Å². The van der Waals surface area contributed by atoms with Gasteiger partial charge in [-0.05, 0) is 41.1 Å². The normalized spacial score (nSPS) is 11.7. The summed E-state index contributed by atoms with van der Waals surface area (Å²) >= 11 is 8.30. The number of carboxylic acid groups (broad SMARTS) is 1. The molecule has 1 aromatic heterocycles. The fraction of sp³-hybridized carbons (Fsp3) is 0.238. The number of hydrogen-bond donors (Lipinski definition) is 2. The molecule has 0 saturated heterocycles. The number of amides is 1. The largest absolute Gasteiger partial charge is 0.481 e. The van der Waals surface area contributed by atoms with Gasteiger partial charge < -0.3 is 10.4 Å². The summed E-state index contributed by atoms with van der Waals surface area (Å²) in [5.74, 6) is -1.25. The number of aromatic nitrogens is 4. The summed E-state index contributed by atoms with van der Waals surface area (Å²) in [7, 11) is 0. The van der Waals surface area contributed by atoms with Crippen molar-refractivity contribution in [1.29, 1.82) is 0 Å². The van der Waals surface area contributed by atoms with Crippen molar-refractivity contribution in [2.45, 2.75) is 35.5 Å². The van der Waals surface area contributed by atoms with Crippen LogP contribution >= 0.6 is 35.1 Å². The molecule has 0 aliphatic carbocycles. The Bertz CT molecular complexity index is 1110. The predicted molar refractivity (Wildman–Crippen MR) is 126 cm³/mol. The van der Waals surface area contributed by atoms with Crippen molar-refractivity contribution in [3.8, 4) is 0 Å². The van der Waals surface area contributed by atoms with E-state index >= 15 is 0 Å². The van der Waals surface area contributed by atoms with Crippen LogP contribution in [0.2, 0.25) is 5.02 Å². The summed E-state index contributed by atoms with van der Waals surface area (Å²) in [4.78, 5) is 37.9. The highest BCUT2D eigenvalue weighted by Crippen LogP contribution is 2.30. The van der Waals surface area contributed by atoms with Gasteiger partial charge in [-0.2, -0.15) is 4.80 Å². The molecule has 1 unspecified atom stereocenters. The van der Waals surface area contributed by atoms with Crippen molar-refractivity contribution in [2.75, 3.05) is 5.75 Å². The van der Waals surface area contributed by atoms with Crippen LogP contribution < -0.4 is 5.32 Å². The van der Waals surface area contributed by atoms with Crippen LogP contribution in [0, 0.1) is 0 Å². The fourth-order valence-corrected chi connectivity index (χ4v) is 4.44. The van der Waals surface area contributed by atoms with Crippen molar-refractivity contribution >= 4 is 52.1 Å². The first-order chi connectivity index (χ1) is 15.9. The monoisotopic (exact) mass is 505 g/mol. The predicted octanol–water partition coefficient (Wildman–Crippen LogP) is 3.58. The summed E-state index contributed by atoms with van der Waals surface area (Å²) in [5, 5.41) is 23.8. The molecule has 1 amide bonds. The van der Waals surface area contributed by atoms with Gasteiger partial charge in [0, 0.05) is 10.6 Å². The average molecular weight is 506 g/mol. The van der Waals surface area contributed by atoms with Crippen molar-refractivity contribution < 1.29 is 19.5 Å². The summed E-state index contributed by atoms with van der Waals surface area (Å²) in [6.45, 7) is -0.330. The molecule has 2 aromatic carbocycles. The van der Waals surface area contributed by atoms with E-state index in [0.29, 0.717) is 17.2 Å². The van der Waals surface area contributed by atoms with Crippen LogP contribution in [0.25, 0.3) is 0 Å². The zero-order chi connectivity index (χ0) is 23.6. The minimum Gasteiger partial charge on any atom is -0.481 e. The lowest BCUT2D eigenvalue weighted by Crippen LogP contribution is -2.42. The minimum absolute atomic E-state index is 0.284. The maximum Gasteiger partial charge on any atom is 0.305 e. The molecule has 0 aliphatic heterocycles. The molecule has 0 spiro atoms. The van der Waals surface area contributed by atoms with E-state index < -0.39 is 29.5 Å². The molecule has 2 N–H and O–H groups in total. The van der Waals surface area contributed by atoms with E-state index in [4.69, 9.17) is 16.7 Å². The van der Waals surface area contributed by atoms with Gasteiger partial charge >= 0.3 is 5.97 Å². The molecular weight excluding hydrogens is 486 g/mol. The number of Topliss-reactive ketones (excluding diaryl/α,β-unsaturated/α-hetero) is 1. The van der Waals surface area contributed by atoms with E-state index in [2.05, 4.69) is 20.7 Å². The summed E-state index contributed by atoms with van der Waals surface area (Å²) in [6.07, 6.45) is 0.130. The highest BCUT2D eigenvalue weighted by atomic mass is 35.5. The van der Waals surface area contributed by atoms with Gasteiger partial charge in [0.25, 0.3) is 5.24 Å². The number of thioether (sulfide) groups is 1. The number of benzene rings is 2. The Morgan fingerprint density at radius 2 is 1.82 bits per heavy atom. The second-order valence-corrected chi connectivity index (χ2v) is 9.25. The summed E-state index contributed by atoms with van der Waals surface area (Å²) in [6, 6.07) is 15.6. The topological polar surface area (TPSA) is 127 Å². The Labute approximate surface area is 203 Å². The number of rotatable bonds is 11. The quantitative estimate of drug-likeness (QED) is 0.402. The van der Waals surface area contributed by atoms with E-state index in [1.165, 1.54) is 11.8 Å². The first-order valence-electron chi connectivity index (χ1n) is 9.82. The van der Waals surface area contributed by atoms with Crippen LogP contribution in [-0.2, 0) is 22.6 Å². The van der Waals surface area contributed by atoms with Crippen LogP contribution in [0.1, 0.15) is 12.0 Å². The maximum absolute atomic E-state index is 12.7. The molecule has 12 heteroatoms. The second kappa shape index (κ2) is 12.4. The van der Waals surface area contributed by atoms with Gasteiger partial charge in [0.2, 0.25) is 5.16 Å². The third kappa shape index (κ3) is 8.19. The number of aryl methyl sites for hydroxylation is 1. The Hall–Kier alpha value is -2.89. The van der Waals surface area contributed by atoms with Gasteiger partial charge in [-0.3, -0.25) is 14.4 Å². The molecular formula is C21H20ClN5O4S2. The standard InChI is InChI=1S/C21H20ClN5O4S2/c22-15-8-4-5-9-18(15)33-20-24-26-27(25-20)13-17(28)16(12-19(29)30)23-21(31)32-11-10-14-6-2-1-3-7-14/h1-9,16H,10-13H2,(H,23,31)(H,29,30). The number of nitrogens with one attached hydrogen (secondary N) is 1. The van der Waals surface area contributed by atoms with E-state index in [1.807, 2.05) is 36.4 Å². The molecule has 3 aromatic rings. The zero-order valence-electron chi connectivity index (χ0n) is 17.3. The maximum atomic E-state index is 12.7. The fourth-order valence-electron chi connectivity index (χ4n) is 2.72. The number of carbonyl (C=O) groups is 3. The number of ketones is 1. The number of hydrogen-bond acceptors (Lipinski definition) is 8. The molecule has 0 radical (unpaired) electrons. The SMILES string of the molecule is O=C(O)CC(NC(=O)SCCc1ccccc1)C(=O)Cn1nnc(Sc2ccccc2Cl)n1. The van der Waals surface area contributed by atoms with Crippen molar-refractivity contribution in [3.63, 3.8) is 0 Å². The minimum atomic E-state index is -1.20. The van der Waals surface area contributed by atoms with Gasteiger partial charge in [0.05, 0.1) is 11.4 Å². The highest BCUT2D eigenvalue weighted by Gasteiger charge is 2.25. The summed E-state index contributed by atoms with van der Waals surface area (Å²) in [5.41, 5.74) is 1.08. The van der Waals surface area contributed by atoms with E-state index in [1.54, 1.807) is 18.2 Å². The average Bonchev–Trinajstić information content (AvgIpc) is 3.22. The molecule has 0 bridgehead atoms. The van der Waals surface area contributed by atoms with Crippen molar-refractivity contribution in [1.82, 2.24) is 25.5 Å². The van der Waals surface area contributed by atoms with Gasteiger partial charge in [-0.1, -0.05) is 65.8 Å².